The molecule has 6 nitrogen and oxygen atoms in total. The molecule has 2 aromatic carbocycles. The Hall–Kier alpha value is -3.02. The first-order valence-electron chi connectivity index (χ1n) is 7.13. The summed E-state index contributed by atoms with van der Waals surface area (Å²) in [5, 5.41) is 12.7. The molecule has 0 fully saturated rings. The monoisotopic (exact) mass is 312 g/mol. The number of rotatable bonds is 4. The van der Waals surface area contributed by atoms with Crippen LogP contribution in [0.4, 0.5) is 11.4 Å². The van der Waals surface area contributed by atoms with Gasteiger partial charge in [0, 0.05) is 6.07 Å². The van der Waals surface area contributed by atoms with E-state index >= 15 is 0 Å². The highest BCUT2D eigenvalue weighted by atomic mass is 16.5. The van der Waals surface area contributed by atoms with Crippen molar-refractivity contribution < 1.29 is 19.4 Å². The molecule has 0 aromatic heterocycles. The number of carbonyl (C=O) groups is 2. The third-order valence-corrected chi connectivity index (χ3v) is 3.77. The van der Waals surface area contributed by atoms with Gasteiger partial charge in [0.2, 0.25) is 5.91 Å². The average Bonchev–Trinajstić information content (AvgIpc) is 2.57. The van der Waals surface area contributed by atoms with Gasteiger partial charge in [-0.3, -0.25) is 9.69 Å². The molecule has 3 rings (SSSR count). The van der Waals surface area contributed by atoms with Crippen LogP contribution in [0.3, 0.4) is 0 Å². The summed E-state index contributed by atoms with van der Waals surface area (Å²) in [5.41, 5.74) is 1.75. The van der Waals surface area contributed by atoms with Crippen LogP contribution < -0.4 is 15.0 Å². The molecule has 2 N–H and O–H groups in total. The van der Waals surface area contributed by atoms with Crippen molar-refractivity contribution in [3.8, 4) is 5.75 Å². The van der Waals surface area contributed by atoms with E-state index in [2.05, 4.69) is 5.32 Å². The molecule has 118 valence electrons. The third kappa shape index (κ3) is 2.70. The molecule has 1 atom stereocenters. The molecule has 1 unspecified atom stereocenters. The SMILES string of the molecule is COc1ccc2c(c1)NCC(=O)N2C(C(=O)O)c1ccccc1. The molecule has 1 aliphatic heterocycles. The topological polar surface area (TPSA) is 78.9 Å². The molecular formula is C17H16N2O4. The summed E-state index contributed by atoms with van der Waals surface area (Å²) in [6, 6.07) is 12.8. The number of anilines is 2. The average molecular weight is 312 g/mol. The molecule has 0 aliphatic carbocycles. The molecule has 0 bridgehead atoms. The van der Waals surface area contributed by atoms with Gasteiger partial charge >= 0.3 is 5.97 Å². The van der Waals surface area contributed by atoms with Crippen molar-refractivity contribution >= 4 is 23.3 Å². The molecule has 2 aromatic rings. The minimum atomic E-state index is -1.08. The first-order chi connectivity index (χ1) is 11.1. The second-order valence-corrected chi connectivity index (χ2v) is 5.15. The molecule has 1 amide bonds. The standard InChI is InChI=1S/C17H16N2O4/c1-23-12-7-8-14-13(9-12)18-10-15(20)19(14)16(17(21)22)11-5-3-2-4-6-11/h2-9,16,18H,10H2,1H3,(H,21,22). The molecule has 1 heterocycles. The van der Waals surface area contributed by atoms with E-state index in [0.29, 0.717) is 22.7 Å². The summed E-state index contributed by atoms with van der Waals surface area (Å²) < 4.78 is 5.18. The highest BCUT2D eigenvalue weighted by Crippen LogP contribution is 2.38. The van der Waals surface area contributed by atoms with Crippen LogP contribution in [0.25, 0.3) is 0 Å². The number of methoxy groups -OCH3 is 1. The summed E-state index contributed by atoms with van der Waals surface area (Å²) >= 11 is 0. The minimum absolute atomic E-state index is 0.0385. The van der Waals surface area contributed by atoms with Gasteiger partial charge in [-0.15, -0.1) is 0 Å². The van der Waals surface area contributed by atoms with E-state index in [9.17, 15) is 14.7 Å². The van der Waals surface area contributed by atoms with Crippen LogP contribution in [-0.2, 0) is 9.59 Å². The summed E-state index contributed by atoms with van der Waals surface area (Å²) in [6.45, 7) is 0.0385. The number of ether oxygens (including phenoxy) is 1. The van der Waals surface area contributed by atoms with Crippen LogP contribution in [0.2, 0.25) is 0 Å². The van der Waals surface area contributed by atoms with E-state index in [4.69, 9.17) is 4.74 Å². The Labute approximate surface area is 133 Å². The summed E-state index contributed by atoms with van der Waals surface area (Å²) in [4.78, 5) is 25.6. The van der Waals surface area contributed by atoms with Gasteiger partial charge in [0.25, 0.3) is 0 Å². The van der Waals surface area contributed by atoms with Crippen molar-refractivity contribution in [1.82, 2.24) is 0 Å². The maximum absolute atomic E-state index is 12.4. The fourth-order valence-corrected chi connectivity index (χ4v) is 2.70. The second-order valence-electron chi connectivity index (χ2n) is 5.15. The van der Waals surface area contributed by atoms with Crippen LogP contribution in [-0.4, -0.2) is 30.6 Å². The van der Waals surface area contributed by atoms with E-state index in [1.807, 2.05) is 0 Å². The van der Waals surface area contributed by atoms with Crippen LogP contribution in [0, 0.1) is 0 Å². The number of hydrogen-bond donors (Lipinski definition) is 2. The van der Waals surface area contributed by atoms with Gasteiger partial charge in [0.05, 0.1) is 25.0 Å². The third-order valence-electron chi connectivity index (χ3n) is 3.77. The van der Waals surface area contributed by atoms with E-state index in [0.717, 1.165) is 0 Å². The molecule has 0 saturated heterocycles. The fraction of sp³-hybridized carbons (Fsp3) is 0.176. The van der Waals surface area contributed by atoms with Gasteiger partial charge in [0.15, 0.2) is 6.04 Å². The van der Waals surface area contributed by atoms with Crippen LogP contribution in [0.15, 0.2) is 48.5 Å². The Morgan fingerprint density at radius 1 is 1.26 bits per heavy atom. The smallest absolute Gasteiger partial charge is 0.331 e. The van der Waals surface area contributed by atoms with Gasteiger partial charge in [0.1, 0.15) is 5.75 Å². The zero-order chi connectivity index (χ0) is 16.4. The Kier molecular flexibility index (Phi) is 3.89. The van der Waals surface area contributed by atoms with Gasteiger partial charge in [-0.2, -0.15) is 0 Å². The Morgan fingerprint density at radius 3 is 2.65 bits per heavy atom. The van der Waals surface area contributed by atoms with Crippen molar-refractivity contribution in [3.63, 3.8) is 0 Å². The number of nitrogens with zero attached hydrogens (tertiary/aromatic N) is 1. The summed E-state index contributed by atoms with van der Waals surface area (Å²) in [7, 11) is 1.55. The molecule has 23 heavy (non-hydrogen) atoms. The second kappa shape index (κ2) is 6.00. The lowest BCUT2D eigenvalue weighted by Crippen LogP contribution is -2.45. The number of benzene rings is 2. The number of amides is 1. The number of carboxylic acid groups (broad SMARTS) is 1. The van der Waals surface area contributed by atoms with Crippen molar-refractivity contribution in [3.05, 3.63) is 54.1 Å². The molecule has 0 saturated carbocycles. The largest absolute Gasteiger partial charge is 0.497 e. The number of carbonyl (C=O) groups excluding carboxylic acids is 1. The molecule has 0 spiro atoms. The predicted molar refractivity (Wildman–Crippen MR) is 85.8 cm³/mol. The maximum atomic E-state index is 12.4. The quantitative estimate of drug-likeness (QED) is 0.905. The molecular weight excluding hydrogens is 296 g/mol. The van der Waals surface area contributed by atoms with Gasteiger partial charge in [-0.05, 0) is 17.7 Å². The Bertz CT molecular complexity index is 746. The van der Waals surface area contributed by atoms with Crippen molar-refractivity contribution in [1.29, 1.82) is 0 Å². The molecule has 0 radical (unpaired) electrons. The molecule has 6 heteroatoms. The zero-order valence-corrected chi connectivity index (χ0v) is 12.5. The first-order valence-corrected chi connectivity index (χ1v) is 7.13. The van der Waals surface area contributed by atoms with E-state index in [1.54, 1.807) is 55.6 Å². The van der Waals surface area contributed by atoms with E-state index in [1.165, 1.54) is 4.90 Å². The summed E-state index contributed by atoms with van der Waals surface area (Å²) in [6.07, 6.45) is 0. The van der Waals surface area contributed by atoms with Crippen molar-refractivity contribution in [2.45, 2.75) is 6.04 Å². The Balaban J connectivity index is 2.10. The number of aliphatic carboxylic acids is 1. The lowest BCUT2D eigenvalue weighted by Gasteiger charge is -2.34. The number of hydrogen-bond acceptors (Lipinski definition) is 4. The maximum Gasteiger partial charge on any atom is 0.331 e. The lowest BCUT2D eigenvalue weighted by atomic mass is 10.0. The highest BCUT2D eigenvalue weighted by Gasteiger charge is 2.36. The predicted octanol–water partition coefficient (Wildman–Crippen LogP) is 2.28. The zero-order valence-electron chi connectivity index (χ0n) is 12.5. The van der Waals surface area contributed by atoms with Crippen molar-refractivity contribution in [2.24, 2.45) is 0 Å². The highest BCUT2D eigenvalue weighted by molar-refractivity contribution is 6.06. The van der Waals surface area contributed by atoms with Crippen LogP contribution >= 0.6 is 0 Å². The number of carboxylic acids is 1. The van der Waals surface area contributed by atoms with Gasteiger partial charge < -0.3 is 15.2 Å². The lowest BCUT2D eigenvalue weighted by molar-refractivity contribution is -0.140. The Morgan fingerprint density at radius 2 is 2.00 bits per heavy atom. The van der Waals surface area contributed by atoms with Crippen molar-refractivity contribution in [2.75, 3.05) is 23.9 Å². The fourth-order valence-electron chi connectivity index (χ4n) is 2.70. The van der Waals surface area contributed by atoms with Crippen LogP contribution in [0.1, 0.15) is 11.6 Å². The normalized spacial score (nSPS) is 14.7. The molecule has 1 aliphatic rings. The van der Waals surface area contributed by atoms with Gasteiger partial charge in [-0.1, -0.05) is 30.3 Å². The van der Waals surface area contributed by atoms with E-state index in [-0.39, 0.29) is 12.5 Å². The first kappa shape index (κ1) is 14.9. The van der Waals surface area contributed by atoms with Crippen LogP contribution in [0.5, 0.6) is 5.75 Å². The minimum Gasteiger partial charge on any atom is -0.497 e. The summed E-state index contributed by atoms with van der Waals surface area (Å²) in [5.74, 6) is -0.732. The van der Waals surface area contributed by atoms with Gasteiger partial charge in [-0.25, -0.2) is 4.79 Å². The number of nitrogens with one attached hydrogen (secondary N) is 1. The van der Waals surface area contributed by atoms with E-state index < -0.39 is 12.0 Å². The number of fused-ring (bicyclic) bond motifs is 1.